The van der Waals surface area contributed by atoms with E-state index in [1.165, 1.54) is 29.2 Å². The summed E-state index contributed by atoms with van der Waals surface area (Å²) in [6.45, 7) is 1.96. The van der Waals surface area contributed by atoms with Gasteiger partial charge < -0.3 is 15.0 Å². The van der Waals surface area contributed by atoms with Gasteiger partial charge >= 0.3 is 12.0 Å². The number of pyridine rings is 1. The Morgan fingerprint density at radius 3 is 2.39 bits per heavy atom. The summed E-state index contributed by atoms with van der Waals surface area (Å²) >= 11 is 0. The van der Waals surface area contributed by atoms with Gasteiger partial charge in [-0.15, -0.1) is 0 Å². The van der Waals surface area contributed by atoms with Crippen LogP contribution in [0.25, 0.3) is 0 Å². The fourth-order valence-electron chi connectivity index (χ4n) is 3.80. The van der Waals surface area contributed by atoms with Crippen LogP contribution in [-0.4, -0.2) is 46.3 Å². The molecule has 4 rings (SSSR count). The normalized spacial score (nSPS) is 15.2. The van der Waals surface area contributed by atoms with Crippen LogP contribution in [0.1, 0.15) is 29.4 Å². The Hall–Kier alpha value is -4.60. The van der Waals surface area contributed by atoms with Crippen molar-refractivity contribution in [3.63, 3.8) is 0 Å². The highest BCUT2D eigenvalue weighted by molar-refractivity contribution is 6.22. The molecule has 2 aromatic carbocycles. The van der Waals surface area contributed by atoms with Crippen molar-refractivity contribution in [1.29, 1.82) is 0 Å². The highest BCUT2D eigenvalue weighted by atomic mass is 19.1. The summed E-state index contributed by atoms with van der Waals surface area (Å²) in [7, 11) is 0. The monoisotopic (exact) mass is 490 g/mol. The molecule has 36 heavy (non-hydrogen) atoms. The van der Waals surface area contributed by atoms with Crippen LogP contribution in [0, 0.1) is 5.82 Å². The number of imide groups is 1. The van der Waals surface area contributed by atoms with E-state index in [0.717, 1.165) is 17.0 Å². The van der Waals surface area contributed by atoms with E-state index in [4.69, 9.17) is 4.74 Å². The van der Waals surface area contributed by atoms with Crippen molar-refractivity contribution in [2.75, 3.05) is 16.8 Å². The van der Waals surface area contributed by atoms with Crippen molar-refractivity contribution in [3.8, 4) is 0 Å². The van der Waals surface area contributed by atoms with Gasteiger partial charge in [0, 0.05) is 11.9 Å². The molecule has 0 radical (unpaired) electrons. The van der Waals surface area contributed by atoms with E-state index in [1.807, 2.05) is 0 Å². The van der Waals surface area contributed by atoms with Crippen molar-refractivity contribution < 1.29 is 28.3 Å². The van der Waals surface area contributed by atoms with Crippen LogP contribution in [0.4, 0.5) is 20.6 Å². The Labute approximate surface area is 206 Å². The van der Waals surface area contributed by atoms with E-state index < -0.39 is 35.7 Å². The second-order valence-corrected chi connectivity index (χ2v) is 7.95. The predicted octanol–water partition coefficient (Wildman–Crippen LogP) is 3.76. The van der Waals surface area contributed by atoms with E-state index in [2.05, 4.69) is 10.3 Å². The average Bonchev–Trinajstić information content (AvgIpc) is 3.09. The van der Waals surface area contributed by atoms with Gasteiger partial charge in [0.05, 0.1) is 36.5 Å². The number of halogens is 1. The Morgan fingerprint density at radius 1 is 1.03 bits per heavy atom. The van der Waals surface area contributed by atoms with Crippen molar-refractivity contribution in [2.24, 2.45) is 0 Å². The standard InChI is InChI=1S/C26H23FN4O5/c1-2-36-25(34)17-6-10-19(11-7-17)29-23(32)15-22-24(33)31(21-12-8-18(27)9-13-21)26(35)30(22)16-20-5-3-4-14-28-20/h3-14,22H,2,15-16H2,1H3,(H,29,32)/t22-/m1/s1. The summed E-state index contributed by atoms with van der Waals surface area (Å²) in [5, 5.41) is 2.68. The molecule has 1 aliphatic rings. The maximum atomic E-state index is 13.4. The first-order valence-electron chi connectivity index (χ1n) is 11.2. The smallest absolute Gasteiger partial charge is 0.338 e. The van der Waals surface area contributed by atoms with Crippen LogP contribution in [-0.2, 0) is 20.9 Å². The third kappa shape index (κ3) is 5.38. The predicted molar refractivity (Wildman–Crippen MR) is 128 cm³/mol. The lowest BCUT2D eigenvalue weighted by Crippen LogP contribution is -2.37. The highest BCUT2D eigenvalue weighted by Crippen LogP contribution is 2.28. The highest BCUT2D eigenvalue weighted by Gasteiger charge is 2.46. The first kappa shape index (κ1) is 24.5. The minimum absolute atomic E-state index is 0.00922. The number of amides is 4. The summed E-state index contributed by atoms with van der Waals surface area (Å²) in [5.74, 6) is -2.09. The van der Waals surface area contributed by atoms with Gasteiger partial charge in [0.15, 0.2) is 0 Å². The lowest BCUT2D eigenvalue weighted by Gasteiger charge is -2.21. The zero-order chi connectivity index (χ0) is 25.7. The van der Waals surface area contributed by atoms with Crippen molar-refractivity contribution in [3.05, 3.63) is 90.0 Å². The summed E-state index contributed by atoms with van der Waals surface area (Å²) in [5.41, 5.74) is 1.49. The van der Waals surface area contributed by atoms with Crippen LogP contribution in [0.3, 0.4) is 0 Å². The summed E-state index contributed by atoms with van der Waals surface area (Å²) in [6, 6.07) is 14.5. The first-order valence-corrected chi connectivity index (χ1v) is 11.2. The third-order valence-electron chi connectivity index (χ3n) is 5.52. The van der Waals surface area contributed by atoms with E-state index in [9.17, 15) is 23.6 Å². The van der Waals surface area contributed by atoms with Crippen molar-refractivity contribution >= 4 is 35.2 Å². The number of ether oxygens (including phenoxy) is 1. The molecule has 1 N–H and O–H groups in total. The molecule has 9 nitrogen and oxygen atoms in total. The van der Waals surface area contributed by atoms with E-state index >= 15 is 0 Å². The molecule has 0 bridgehead atoms. The Morgan fingerprint density at radius 2 is 1.75 bits per heavy atom. The number of esters is 1. The van der Waals surface area contributed by atoms with Crippen LogP contribution >= 0.6 is 0 Å². The number of hydrogen-bond acceptors (Lipinski definition) is 6. The molecular weight excluding hydrogens is 467 g/mol. The maximum absolute atomic E-state index is 13.4. The summed E-state index contributed by atoms with van der Waals surface area (Å²) in [6.07, 6.45) is 1.26. The van der Waals surface area contributed by atoms with E-state index in [0.29, 0.717) is 16.9 Å². The summed E-state index contributed by atoms with van der Waals surface area (Å²) in [4.78, 5) is 57.6. The zero-order valence-corrected chi connectivity index (χ0v) is 19.4. The molecule has 1 aromatic heterocycles. The van der Waals surface area contributed by atoms with Crippen LogP contribution < -0.4 is 10.2 Å². The molecular formula is C26H23FN4O5. The molecule has 0 aliphatic carbocycles. The van der Waals surface area contributed by atoms with Crippen LogP contribution in [0.15, 0.2) is 72.9 Å². The van der Waals surface area contributed by atoms with Gasteiger partial charge in [0.1, 0.15) is 11.9 Å². The molecule has 0 saturated carbocycles. The molecule has 1 saturated heterocycles. The molecule has 184 valence electrons. The lowest BCUT2D eigenvalue weighted by molar-refractivity contribution is -0.124. The van der Waals surface area contributed by atoms with Gasteiger partial charge in [-0.3, -0.25) is 14.6 Å². The molecule has 10 heteroatoms. The number of carbonyl (C=O) groups is 4. The fraction of sp³-hybridized carbons (Fsp3) is 0.192. The molecule has 3 aromatic rings. The number of carbonyl (C=O) groups excluding carboxylic acids is 4. The second kappa shape index (κ2) is 10.8. The van der Waals surface area contributed by atoms with Gasteiger partial charge in [0.2, 0.25) is 5.91 Å². The number of nitrogens with one attached hydrogen (secondary N) is 1. The molecule has 1 atom stereocenters. The first-order chi connectivity index (χ1) is 17.4. The van der Waals surface area contributed by atoms with Gasteiger partial charge in [-0.1, -0.05) is 6.07 Å². The SMILES string of the molecule is CCOC(=O)c1ccc(NC(=O)C[C@@H]2C(=O)N(c3ccc(F)cc3)C(=O)N2Cc2ccccn2)cc1. The quantitative estimate of drug-likeness (QED) is 0.380. The van der Waals surface area contributed by atoms with Gasteiger partial charge in [-0.2, -0.15) is 0 Å². The number of benzene rings is 2. The maximum Gasteiger partial charge on any atom is 0.338 e. The zero-order valence-electron chi connectivity index (χ0n) is 19.4. The lowest BCUT2D eigenvalue weighted by atomic mass is 10.1. The number of aromatic nitrogens is 1. The molecule has 1 fully saturated rings. The van der Waals surface area contributed by atoms with Gasteiger partial charge in [-0.05, 0) is 67.6 Å². The van der Waals surface area contributed by atoms with Crippen molar-refractivity contribution in [2.45, 2.75) is 25.9 Å². The van der Waals surface area contributed by atoms with Crippen LogP contribution in [0.2, 0.25) is 0 Å². The minimum atomic E-state index is -1.09. The molecule has 0 unspecified atom stereocenters. The van der Waals surface area contributed by atoms with Gasteiger partial charge in [0.25, 0.3) is 5.91 Å². The minimum Gasteiger partial charge on any atom is -0.462 e. The second-order valence-electron chi connectivity index (χ2n) is 7.95. The molecule has 1 aliphatic heterocycles. The number of anilines is 2. The summed E-state index contributed by atoms with van der Waals surface area (Å²) < 4.78 is 18.4. The Balaban J connectivity index is 1.53. The van der Waals surface area contributed by atoms with Crippen molar-refractivity contribution in [1.82, 2.24) is 9.88 Å². The Bertz CT molecular complexity index is 1270. The third-order valence-corrected chi connectivity index (χ3v) is 5.52. The Kier molecular flexibility index (Phi) is 7.33. The number of urea groups is 1. The number of nitrogens with zero attached hydrogens (tertiary/aromatic N) is 3. The molecule has 0 spiro atoms. The van der Waals surface area contributed by atoms with Crippen LogP contribution in [0.5, 0.6) is 0 Å². The van der Waals surface area contributed by atoms with E-state index in [-0.39, 0.29) is 25.3 Å². The molecule has 4 amide bonds. The average molecular weight is 490 g/mol. The fourth-order valence-corrected chi connectivity index (χ4v) is 3.80. The largest absolute Gasteiger partial charge is 0.462 e. The van der Waals surface area contributed by atoms with E-state index in [1.54, 1.807) is 43.5 Å². The number of hydrogen-bond donors (Lipinski definition) is 1. The number of rotatable bonds is 8. The van der Waals surface area contributed by atoms with Gasteiger partial charge in [-0.25, -0.2) is 18.9 Å². The molecule has 2 heterocycles. The topological polar surface area (TPSA) is 109 Å².